The fourth-order valence-electron chi connectivity index (χ4n) is 9.75. The van der Waals surface area contributed by atoms with Crippen LogP contribution in [0.15, 0.2) is 200 Å². The summed E-state index contributed by atoms with van der Waals surface area (Å²) in [6, 6.07) is 72.2. The Bertz CT molecular complexity index is 3410. The van der Waals surface area contributed by atoms with Gasteiger partial charge in [-0.3, -0.25) is 13.5 Å². The maximum atomic E-state index is 5.56. The van der Waals surface area contributed by atoms with E-state index in [-0.39, 0.29) is 5.41 Å². The number of aromatic nitrogens is 4. The van der Waals surface area contributed by atoms with Gasteiger partial charge in [0.25, 0.3) is 0 Å². The molecule has 0 N–H and O–H groups in total. The molecule has 3 aromatic heterocycles. The van der Waals surface area contributed by atoms with Crippen LogP contribution in [0.1, 0.15) is 25.0 Å². The Morgan fingerprint density at radius 1 is 0.492 bits per heavy atom. The number of benzene rings is 8. The second-order valence-electron chi connectivity index (χ2n) is 16.1. The van der Waals surface area contributed by atoms with E-state index in [0.717, 1.165) is 61.9 Å². The largest absolute Gasteiger partial charge is 0.310 e. The van der Waals surface area contributed by atoms with Crippen LogP contribution in [0.25, 0.3) is 72.5 Å². The highest BCUT2D eigenvalue weighted by atomic mass is 15.3. The van der Waals surface area contributed by atoms with Crippen molar-refractivity contribution >= 4 is 55.9 Å². The van der Waals surface area contributed by atoms with Crippen LogP contribution in [-0.4, -0.2) is 18.5 Å². The van der Waals surface area contributed by atoms with Crippen LogP contribution in [0.3, 0.4) is 0 Å². The molecule has 0 spiro atoms. The summed E-state index contributed by atoms with van der Waals surface area (Å²) in [5.41, 5.74) is 18.3. The average Bonchev–Trinajstić information content (AvgIpc) is 3.99. The van der Waals surface area contributed by atoms with Crippen LogP contribution in [0.2, 0.25) is 0 Å². The second kappa shape index (κ2) is 12.7. The van der Waals surface area contributed by atoms with Crippen molar-refractivity contribution < 1.29 is 0 Å². The molecule has 11 aromatic rings. The van der Waals surface area contributed by atoms with Gasteiger partial charge in [0, 0.05) is 39.1 Å². The summed E-state index contributed by atoms with van der Waals surface area (Å²) >= 11 is 0. The number of fused-ring (bicyclic) bond motifs is 10. The Hall–Kier alpha value is -7.63. The molecular weight excluding hydrogens is 719 g/mol. The van der Waals surface area contributed by atoms with Crippen LogP contribution >= 0.6 is 0 Å². The van der Waals surface area contributed by atoms with E-state index in [0.29, 0.717) is 0 Å². The van der Waals surface area contributed by atoms with Crippen LogP contribution in [-0.2, 0) is 5.41 Å². The van der Waals surface area contributed by atoms with E-state index in [1.807, 2.05) is 0 Å². The molecule has 5 heteroatoms. The molecule has 5 nitrogen and oxygen atoms in total. The van der Waals surface area contributed by atoms with Gasteiger partial charge in [0.1, 0.15) is 5.52 Å². The molecule has 59 heavy (non-hydrogen) atoms. The van der Waals surface area contributed by atoms with Crippen LogP contribution < -0.4 is 4.90 Å². The normalized spacial score (nSPS) is 13.1. The molecule has 1 aliphatic rings. The van der Waals surface area contributed by atoms with Crippen molar-refractivity contribution in [1.29, 1.82) is 0 Å². The SMILES string of the molecule is CC1(C)c2ccccc2-c2c(N(c3cccc(-c4ccccc4)c3)c3ccc4c(c3)nc3n(-c5ccccc5)c5c6ccccc6n(-c6ccccc6)c5n43)cccc21. The minimum Gasteiger partial charge on any atom is -0.310 e. The maximum Gasteiger partial charge on any atom is 0.221 e. The summed E-state index contributed by atoms with van der Waals surface area (Å²) in [5, 5.41) is 1.18. The number of imidazole rings is 2. The number of anilines is 3. The summed E-state index contributed by atoms with van der Waals surface area (Å²) < 4.78 is 7.08. The van der Waals surface area contributed by atoms with Crippen molar-refractivity contribution in [2.24, 2.45) is 0 Å². The molecule has 1 aliphatic carbocycles. The molecule has 3 heterocycles. The van der Waals surface area contributed by atoms with E-state index in [9.17, 15) is 0 Å². The zero-order valence-corrected chi connectivity index (χ0v) is 32.8. The third-order valence-corrected chi connectivity index (χ3v) is 12.4. The zero-order valence-electron chi connectivity index (χ0n) is 32.8. The molecule has 0 saturated heterocycles. The van der Waals surface area contributed by atoms with Gasteiger partial charge < -0.3 is 4.90 Å². The summed E-state index contributed by atoms with van der Waals surface area (Å²) in [6.07, 6.45) is 0. The van der Waals surface area contributed by atoms with Crippen LogP contribution in [0, 0.1) is 0 Å². The minimum absolute atomic E-state index is 0.135. The van der Waals surface area contributed by atoms with Crippen molar-refractivity contribution in [3.63, 3.8) is 0 Å². The van der Waals surface area contributed by atoms with Gasteiger partial charge in [0.15, 0.2) is 5.65 Å². The van der Waals surface area contributed by atoms with Gasteiger partial charge in [-0.15, -0.1) is 0 Å². The number of rotatable bonds is 6. The maximum absolute atomic E-state index is 5.56. The van der Waals surface area contributed by atoms with Crippen molar-refractivity contribution in [2.45, 2.75) is 19.3 Å². The Labute approximate surface area is 342 Å². The van der Waals surface area contributed by atoms with E-state index in [2.05, 4.69) is 232 Å². The molecule has 8 aromatic carbocycles. The molecule has 0 saturated carbocycles. The van der Waals surface area contributed by atoms with E-state index >= 15 is 0 Å². The van der Waals surface area contributed by atoms with Gasteiger partial charge in [0.05, 0.1) is 22.2 Å². The molecule has 0 radical (unpaired) electrons. The predicted molar refractivity (Wildman–Crippen MR) is 244 cm³/mol. The quantitative estimate of drug-likeness (QED) is 0.169. The molecule has 0 fully saturated rings. The van der Waals surface area contributed by atoms with E-state index in [1.165, 1.54) is 38.8 Å². The van der Waals surface area contributed by atoms with Crippen LogP contribution in [0.4, 0.5) is 17.1 Å². The Morgan fingerprint density at radius 3 is 1.92 bits per heavy atom. The zero-order chi connectivity index (χ0) is 39.2. The highest BCUT2D eigenvalue weighted by Crippen LogP contribution is 2.54. The summed E-state index contributed by atoms with van der Waals surface area (Å²) in [5.74, 6) is 0.873. The molecule has 0 bridgehead atoms. The molecule has 12 rings (SSSR count). The fraction of sp³-hybridized carbons (Fsp3) is 0.0556. The lowest BCUT2D eigenvalue weighted by molar-refractivity contribution is 0.660. The molecule has 0 unspecified atom stereocenters. The number of hydrogen-bond acceptors (Lipinski definition) is 2. The van der Waals surface area contributed by atoms with E-state index in [4.69, 9.17) is 4.98 Å². The summed E-state index contributed by atoms with van der Waals surface area (Å²) in [7, 11) is 0. The van der Waals surface area contributed by atoms with Gasteiger partial charge in [-0.25, -0.2) is 4.98 Å². The Kier molecular flexibility index (Phi) is 7.20. The molecule has 0 amide bonds. The van der Waals surface area contributed by atoms with Gasteiger partial charge in [-0.1, -0.05) is 147 Å². The van der Waals surface area contributed by atoms with Crippen molar-refractivity contribution in [3.05, 3.63) is 211 Å². The van der Waals surface area contributed by atoms with Gasteiger partial charge in [-0.05, 0) is 94.5 Å². The summed E-state index contributed by atoms with van der Waals surface area (Å²) in [6.45, 7) is 4.70. The Balaban J connectivity index is 1.15. The lowest BCUT2D eigenvalue weighted by atomic mass is 9.82. The topological polar surface area (TPSA) is 30.4 Å². The third-order valence-electron chi connectivity index (χ3n) is 12.4. The standard InChI is InChI=1S/C54H39N5/c1-54(2)44-28-14-12-26-42(44)50-45(54)29-17-31-49(50)56(40-25-16-20-37(34-40)36-18-6-3-7-19-36)41-32-33-48-46(35-41)55-53-58(39-23-10-5-11-24-39)51-43-27-13-15-30-47(43)57(52(51)59(48)53)38-21-8-4-9-22-38/h3-35H,1-2H3. The highest BCUT2D eigenvalue weighted by Gasteiger charge is 2.38. The Morgan fingerprint density at radius 2 is 1.12 bits per heavy atom. The molecular formula is C54H39N5. The number of para-hydroxylation sites is 3. The first kappa shape index (κ1) is 33.5. The molecule has 0 atom stereocenters. The molecule has 0 aliphatic heterocycles. The fourth-order valence-corrected chi connectivity index (χ4v) is 9.75. The first-order chi connectivity index (χ1) is 29.1. The smallest absolute Gasteiger partial charge is 0.221 e. The lowest BCUT2D eigenvalue weighted by Crippen LogP contribution is -2.16. The van der Waals surface area contributed by atoms with Crippen molar-refractivity contribution in [3.8, 4) is 33.6 Å². The summed E-state index contributed by atoms with van der Waals surface area (Å²) in [4.78, 5) is 7.99. The minimum atomic E-state index is -0.135. The lowest BCUT2D eigenvalue weighted by Gasteiger charge is -2.29. The monoisotopic (exact) mass is 757 g/mol. The van der Waals surface area contributed by atoms with Gasteiger partial charge in [-0.2, -0.15) is 0 Å². The predicted octanol–water partition coefficient (Wildman–Crippen LogP) is 13.8. The number of nitrogens with zero attached hydrogens (tertiary/aromatic N) is 5. The first-order valence-electron chi connectivity index (χ1n) is 20.3. The van der Waals surface area contributed by atoms with Crippen molar-refractivity contribution in [2.75, 3.05) is 4.90 Å². The van der Waals surface area contributed by atoms with Gasteiger partial charge >= 0.3 is 0 Å². The molecule has 280 valence electrons. The average molecular weight is 758 g/mol. The van der Waals surface area contributed by atoms with Gasteiger partial charge in [0.2, 0.25) is 5.78 Å². The van der Waals surface area contributed by atoms with E-state index < -0.39 is 0 Å². The number of hydrogen-bond donors (Lipinski definition) is 0. The highest BCUT2D eigenvalue weighted by molar-refractivity contribution is 6.10. The second-order valence-corrected chi connectivity index (χ2v) is 16.1. The van der Waals surface area contributed by atoms with Crippen molar-refractivity contribution in [1.82, 2.24) is 18.5 Å². The third kappa shape index (κ3) is 4.88. The first-order valence-corrected chi connectivity index (χ1v) is 20.3. The van der Waals surface area contributed by atoms with Crippen LogP contribution in [0.5, 0.6) is 0 Å². The van der Waals surface area contributed by atoms with E-state index in [1.54, 1.807) is 0 Å².